The fourth-order valence-electron chi connectivity index (χ4n) is 2.08. The summed E-state index contributed by atoms with van der Waals surface area (Å²) >= 11 is 1.52. The van der Waals surface area contributed by atoms with E-state index in [4.69, 9.17) is 5.84 Å². The van der Waals surface area contributed by atoms with Gasteiger partial charge in [0.25, 0.3) is 0 Å². The lowest BCUT2D eigenvalue weighted by molar-refractivity contribution is -0.117. The Morgan fingerprint density at radius 2 is 2.33 bits per heavy atom. The number of thiazole rings is 1. The highest BCUT2D eigenvalue weighted by Gasteiger charge is 2.24. The predicted molar refractivity (Wildman–Crippen MR) is 72.5 cm³/mol. The molecule has 1 amide bonds. The minimum absolute atomic E-state index is 0.130. The largest absolute Gasteiger partial charge is 0.315 e. The van der Waals surface area contributed by atoms with Crippen LogP contribution in [0.3, 0.4) is 0 Å². The topological polar surface area (TPSA) is 71.2 Å². The van der Waals surface area contributed by atoms with Crippen molar-refractivity contribution in [2.24, 2.45) is 5.84 Å². The van der Waals surface area contributed by atoms with E-state index in [2.05, 4.69) is 10.4 Å². The van der Waals surface area contributed by atoms with Gasteiger partial charge in [0.15, 0.2) is 5.82 Å². The van der Waals surface area contributed by atoms with Crippen LogP contribution in [0.4, 0.5) is 11.5 Å². The minimum Gasteiger partial charge on any atom is -0.315 e. The molecule has 5 nitrogen and oxygen atoms in total. The number of nitrogen functional groups attached to an aromatic ring is 1. The molecular weight excluding hydrogens is 248 g/mol. The van der Waals surface area contributed by atoms with Gasteiger partial charge in [0.05, 0.1) is 6.42 Å². The molecule has 3 rings (SSSR count). The molecule has 3 N–H and O–H groups in total. The number of rotatable bonds is 2. The molecule has 2 aromatic rings. The van der Waals surface area contributed by atoms with E-state index < -0.39 is 0 Å². The zero-order valence-electron chi connectivity index (χ0n) is 9.80. The predicted octanol–water partition coefficient (Wildman–Crippen LogP) is 1.61. The van der Waals surface area contributed by atoms with Crippen LogP contribution in [-0.2, 0) is 11.2 Å². The van der Waals surface area contributed by atoms with E-state index in [0.717, 1.165) is 21.8 Å². The van der Waals surface area contributed by atoms with Crippen molar-refractivity contribution in [3.05, 3.63) is 29.1 Å². The second kappa shape index (κ2) is 4.08. The zero-order chi connectivity index (χ0) is 12.7. The van der Waals surface area contributed by atoms with Crippen molar-refractivity contribution in [2.45, 2.75) is 6.42 Å². The number of nitrogens with one attached hydrogen (secondary N) is 1. The standard InChI is InChI=1S/C12H12N4OS/c1-16-9-3-2-7(4-8(9)5-11(16)17)12-14-10(15-13)6-18-12/h2-4,6,15H,5,13H2,1H3. The van der Waals surface area contributed by atoms with Gasteiger partial charge in [-0.1, -0.05) is 0 Å². The summed E-state index contributed by atoms with van der Waals surface area (Å²) in [5.41, 5.74) is 5.57. The molecule has 0 aliphatic carbocycles. The maximum absolute atomic E-state index is 11.6. The monoisotopic (exact) mass is 260 g/mol. The SMILES string of the molecule is CN1C(=O)Cc2cc(-c3nc(NN)cs3)ccc21. The Morgan fingerprint density at radius 1 is 1.50 bits per heavy atom. The quantitative estimate of drug-likeness (QED) is 0.635. The number of carbonyl (C=O) groups excluding carboxylic acids is 1. The highest BCUT2D eigenvalue weighted by molar-refractivity contribution is 7.13. The number of nitrogens with zero attached hydrogens (tertiary/aromatic N) is 2. The van der Waals surface area contributed by atoms with Crippen LogP contribution in [0, 0.1) is 0 Å². The first-order valence-electron chi connectivity index (χ1n) is 5.51. The summed E-state index contributed by atoms with van der Waals surface area (Å²) in [4.78, 5) is 17.7. The van der Waals surface area contributed by atoms with Gasteiger partial charge in [-0.3, -0.25) is 4.79 Å². The minimum atomic E-state index is 0.130. The highest BCUT2D eigenvalue weighted by atomic mass is 32.1. The van der Waals surface area contributed by atoms with Crippen molar-refractivity contribution in [1.82, 2.24) is 4.98 Å². The van der Waals surface area contributed by atoms with Gasteiger partial charge in [0.2, 0.25) is 5.91 Å². The second-order valence-electron chi connectivity index (χ2n) is 4.16. The van der Waals surface area contributed by atoms with E-state index >= 15 is 0 Å². The number of likely N-dealkylation sites (N-methyl/N-ethyl adjacent to an activating group) is 1. The van der Waals surface area contributed by atoms with Gasteiger partial charge in [-0.05, 0) is 23.8 Å². The molecule has 0 atom stereocenters. The van der Waals surface area contributed by atoms with Crippen LogP contribution in [0.5, 0.6) is 0 Å². The molecule has 0 bridgehead atoms. The third-order valence-corrected chi connectivity index (χ3v) is 3.95. The molecule has 1 aromatic heterocycles. The summed E-state index contributed by atoms with van der Waals surface area (Å²) in [7, 11) is 1.80. The van der Waals surface area contributed by atoms with E-state index in [1.54, 1.807) is 11.9 Å². The highest BCUT2D eigenvalue weighted by Crippen LogP contribution is 2.33. The first-order chi connectivity index (χ1) is 8.69. The van der Waals surface area contributed by atoms with Crippen LogP contribution < -0.4 is 16.2 Å². The van der Waals surface area contributed by atoms with Crippen LogP contribution in [0.15, 0.2) is 23.6 Å². The van der Waals surface area contributed by atoms with Gasteiger partial charge in [-0.15, -0.1) is 11.3 Å². The average molecular weight is 260 g/mol. The van der Waals surface area contributed by atoms with E-state index in [-0.39, 0.29) is 5.91 Å². The number of carbonyl (C=O) groups is 1. The molecule has 1 aromatic carbocycles. The number of hydrazine groups is 1. The Labute approximate surface area is 108 Å². The summed E-state index contributed by atoms with van der Waals surface area (Å²) in [6.07, 6.45) is 0.465. The number of anilines is 2. The Balaban J connectivity index is 2.01. The molecular formula is C12H12N4OS. The van der Waals surface area contributed by atoms with E-state index in [1.807, 2.05) is 23.6 Å². The maximum Gasteiger partial charge on any atom is 0.231 e. The first kappa shape index (κ1) is 11.2. The second-order valence-corrected chi connectivity index (χ2v) is 5.01. The number of hydrogen-bond acceptors (Lipinski definition) is 5. The molecule has 0 saturated carbocycles. The molecule has 1 aliphatic rings. The van der Waals surface area contributed by atoms with Crippen molar-refractivity contribution < 1.29 is 4.79 Å². The third-order valence-electron chi connectivity index (χ3n) is 3.06. The van der Waals surface area contributed by atoms with Gasteiger partial charge >= 0.3 is 0 Å². The number of nitrogens with two attached hydrogens (primary N) is 1. The Bertz CT molecular complexity index is 622. The molecule has 92 valence electrons. The van der Waals surface area contributed by atoms with Gasteiger partial charge < -0.3 is 10.3 Å². The third kappa shape index (κ3) is 1.66. The fraction of sp³-hybridized carbons (Fsp3) is 0.167. The van der Waals surface area contributed by atoms with Crippen LogP contribution in [0.2, 0.25) is 0 Å². The van der Waals surface area contributed by atoms with Crippen LogP contribution in [-0.4, -0.2) is 17.9 Å². The number of amides is 1. The molecule has 6 heteroatoms. The lowest BCUT2D eigenvalue weighted by atomic mass is 10.1. The summed E-state index contributed by atoms with van der Waals surface area (Å²) in [6, 6.07) is 5.97. The van der Waals surface area contributed by atoms with Crippen molar-refractivity contribution in [3.63, 3.8) is 0 Å². The van der Waals surface area contributed by atoms with Crippen molar-refractivity contribution in [1.29, 1.82) is 0 Å². The van der Waals surface area contributed by atoms with Gasteiger partial charge in [0, 0.05) is 23.7 Å². The van der Waals surface area contributed by atoms with E-state index in [1.165, 1.54) is 11.3 Å². The van der Waals surface area contributed by atoms with Crippen molar-refractivity contribution >= 4 is 28.7 Å². The molecule has 0 radical (unpaired) electrons. The van der Waals surface area contributed by atoms with Crippen LogP contribution >= 0.6 is 11.3 Å². The first-order valence-corrected chi connectivity index (χ1v) is 6.39. The fourth-order valence-corrected chi connectivity index (χ4v) is 2.83. The van der Waals surface area contributed by atoms with E-state index in [0.29, 0.717) is 12.2 Å². The Morgan fingerprint density at radius 3 is 3.06 bits per heavy atom. The number of aromatic nitrogens is 1. The lowest BCUT2D eigenvalue weighted by Gasteiger charge is -2.09. The Hall–Kier alpha value is -1.92. The molecule has 1 aliphatic heterocycles. The number of benzene rings is 1. The number of fused-ring (bicyclic) bond motifs is 1. The number of hydrogen-bond donors (Lipinski definition) is 2. The van der Waals surface area contributed by atoms with Gasteiger partial charge in [-0.2, -0.15) is 0 Å². The summed E-state index contributed by atoms with van der Waals surface area (Å²) in [6.45, 7) is 0. The van der Waals surface area contributed by atoms with E-state index in [9.17, 15) is 4.79 Å². The van der Waals surface area contributed by atoms with Gasteiger partial charge in [-0.25, -0.2) is 10.8 Å². The summed E-state index contributed by atoms with van der Waals surface area (Å²) < 4.78 is 0. The van der Waals surface area contributed by atoms with Crippen LogP contribution in [0.1, 0.15) is 5.56 Å². The van der Waals surface area contributed by atoms with Crippen molar-refractivity contribution in [3.8, 4) is 10.6 Å². The Kier molecular flexibility index (Phi) is 2.53. The molecule has 0 saturated heterocycles. The molecule has 0 fully saturated rings. The van der Waals surface area contributed by atoms with Crippen LogP contribution in [0.25, 0.3) is 10.6 Å². The van der Waals surface area contributed by atoms with Crippen molar-refractivity contribution in [2.75, 3.05) is 17.4 Å². The normalized spacial score (nSPS) is 13.9. The molecule has 2 heterocycles. The zero-order valence-corrected chi connectivity index (χ0v) is 10.6. The summed E-state index contributed by atoms with van der Waals surface area (Å²) in [5, 5.41) is 2.76. The summed E-state index contributed by atoms with van der Waals surface area (Å²) in [5.74, 6) is 6.10. The molecule has 0 spiro atoms. The lowest BCUT2D eigenvalue weighted by Crippen LogP contribution is -2.20. The van der Waals surface area contributed by atoms with Gasteiger partial charge in [0.1, 0.15) is 5.01 Å². The maximum atomic E-state index is 11.6. The average Bonchev–Trinajstić information content (AvgIpc) is 2.95. The smallest absolute Gasteiger partial charge is 0.231 e. The molecule has 0 unspecified atom stereocenters. The molecule has 18 heavy (non-hydrogen) atoms.